The first-order valence-electron chi connectivity index (χ1n) is 5.77. The number of rotatable bonds is 2. The molecule has 2 nitrogen and oxygen atoms in total. The predicted molar refractivity (Wildman–Crippen MR) is 74.0 cm³/mol. The smallest absolute Gasteiger partial charge is 0.0346 e. The van der Waals surface area contributed by atoms with Gasteiger partial charge in [-0.3, -0.25) is 0 Å². The highest BCUT2D eigenvalue weighted by molar-refractivity contribution is 5.54. The second-order valence-electron chi connectivity index (χ2n) is 4.44. The minimum Gasteiger partial charge on any atom is -0.399 e. The van der Waals surface area contributed by atoms with E-state index >= 15 is 0 Å². The monoisotopic (exact) mass is 226 g/mol. The molecule has 0 saturated carbocycles. The van der Waals surface area contributed by atoms with Crippen LogP contribution in [0, 0.1) is 13.8 Å². The third kappa shape index (κ3) is 2.26. The average Bonchev–Trinajstić information content (AvgIpc) is 2.31. The van der Waals surface area contributed by atoms with E-state index in [2.05, 4.69) is 26.0 Å². The fourth-order valence-corrected chi connectivity index (χ4v) is 1.99. The van der Waals surface area contributed by atoms with E-state index in [1.54, 1.807) is 0 Å². The van der Waals surface area contributed by atoms with Crippen LogP contribution in [-0.4, -0.2) is 0 Å². The van der Waals surface area contributed by atoms with Gasteiger partial charge in [0.05, 0.1) is 0 Å². The highest BCUT2D eigenvalue weighted by Crippen LogP contribution is 2.22. The Hall–Kier alpha value is -1.96. The first-order chi connectivity index (χ1) is 8.09. The Balaban J connectivity index is 2.38. The summed E-state index contributed by atoms with van der Waals surface area (Å²) in [6.07, 6.45) is 0.883. The van der Waals surface area contributed by atoms with Gasteiger partial charge in [-0.05, 0) is 54.7 Å². The Labute approximate surface area is 102 Å². The lowest BCUT2D eigenvalue weighted by Crippen LogP contribution is -2.00. The average molecular weight is 226 g/mol. The minimum atomic E-state index is 0.851. The molecule has 0 unspecified atom stereocenters. The van der Waals surface area contributed by atoms with Crippen LogP contribution in [0.5, 0.6) is 0 Å². The van der Waals surface area contributed by atoms with Crippen molar-refractivity contribution in [2.45, 2.75) is 20.3 Å². The minimum absolute atomic E-state index is 0.851. The van der Waals surface area contributed by atoms with Crippen molar-refractivity contribution in [1.29, 1.82) is 0 Å². The maximum absolute atomic E-state index is 5.92. The zero-order valence-corrected chi connectivity index (χ0v) is 10.3. The molecule has 0 bridgehead atoms. The van der Waals surface area contributed by atoms with Crippen molar-refractivity contribution >= 4 is 11.4 Å². The number of hydrogen-bond acceptors (Lipinski definition) is 2. The molecule has 0 amide bonds. The number of nitrogens with two attached hydrogens (primary N) is 2. The Kier molecular flexibility index (Phi) is 3.05. The van der Waals surface area contributed by atoms with Crippen molar-refractivity contribution in [2.75, 3.05) is 11.5 Å². The fourth-order valence-electron chi connectivity index (χ4n) is 1.99. The molecule has 2 rings (SSSR count). The SMILES string of the molecule is Cc1c(N)cccc1Cc1cccc(N)c1C. The number of benzene rings is 2. The summed E-state index contributed by atoms with van der Waals surface area (Å²) < 4.78 is 0. The number of anilines is 2. The second-order valence-corrected chi connectivity index (χ2v) is 4.44. The normalized spacial score (nSPS) is 10.5. The molecule has 0 saturated heterocycles. The summed E-state index contributed by atoms with van der Waals surface area (Å²) in [7, 11) is 0. The van der Waals surface area contributed by atoms with Gasteiger partial charge in [0.1, 0.15) is 0 Å². The molecular formula is C15H18N2. The first kappa shape index (κ1) is 11.5. The van der Waals surface area contributed by atoms with Crippen LogP contribution in [0.15, 0.2) is 36.4 Å². The van der Waals surface area contributed by atoms with Gasteiger partial charge in [-0.2, -0.15) is 0 Å². The van der Waals surface area contributed by atoms with Crippen LogP contribution in [0.1, 0.15) is 22.3 Å². The van der Waals surface area contributed by atoms with Gasteiger partial charge in [0.2, 0.25) is 0 Å². The van der Waals surface area contributed by atoms with Crippen molar-refractivity contribution in [3.63, 3.8) is 0 Å². The summed E-state index contributed by atoms with van der Waals surface area (Å²) in [4.78, 5) is 0. The van der Waals surface area contributed by atoms with E-state index in [0.29, 0.717) is 0 Å². The lowest BCUT2D eigenvalue weighted by atomic mass is 9.96. The molecule has 0 aliphatic heterocycles. The molecular weight excluding hydrogens is 208 g/mol. The molecule has 0 aliphatic rings. The molecule has 2 aromatic carbocycles. The molecule has 2 aromatic rings. The molecule has 0 radical (unpaired) electrons. The van der Waals surface area contributed by atoms with Gasteiger partial charge in [-0.1, -0.05) is 24.3 Å². The Morgan fingerprint density at radius 3 is 1.59 bits per heavy atom. The van der Waals surface area contributed by atoms with Gasteiger partial charge >= 0.3 is 0 Å². The zero-order valence-electron chi connectivity index (χ0n) is 10.3. The molecule has 4 N–H and O–H groups in total. The van der Waals surface area contributed by atoms with Crippen molar-refractivity contribution < 1.29 is 0 Å². The Morgan fingerprint density at radius 1 is 0.765 bits per heavy atom. The summed E-state index contributed by atoms with van der Waals surface area (Å²) in [5.41, 5.74) is 18.4. The van der Waals surface area contributed by atoms with Crippen LogP contribution in [0.3, 0.4) is 0 Å². The van der Waals surface area contributed by atoms with Crippen molar-refractivity contribution in [3.8, 4) is 0 Å². The highest BCUT2D eigenvalue weighted by atomic mass is 14.6. The molecule has 2 heteroatoms. The van der Waals surface area contributed by atoms with Crippen molar-refractivity contribution in [2.24, 2.45) is 0 Å². The second kappa shape index (κ2) is 4.50. The largest absolute Gasteiger partial charge is 0.399 e. The summed E-state index contributed by atoms with van der Waals surface area (Å²) in [6, 6.07) is 12.1. The van der Waals surface area contributed by atoms with E-state index in [-0.39, 0.29) is 0 Å². The van der Waals surface area contributed by atoms with E-state index in [9.17, 15) is 0 Å². The fraction of sp³-hybridized carbons (Fsp3) is 0.200. The standard InChI is InChI=1S/C15H18N2/c1-10-12(5-3-7-14(10)16)9-13-6-4-8-15(17)11(13)2/h3-8H,9,16-17H2,1-2H3. The molecule has 88 valence electrons. The summed E-state index contributed by atoms with van der Waals surface area (Å²) in [5, 5.41) is 0. The molecule has 0 heterocycles. The Morgan fingerprint density at radius 2 is 1.18 bits per heavy atom. The van der Waals surface area contributed by atoms with Crippen molar-refractivity contribution in [3.05, 3.63) is 58.7 Å². The lowest BCUT2D eigenvalue weighted by Gasteiger charge is -2.11. The third-order valence-corrected chi connectivity index (χ3v) is 3.36. The van der Waals surface area contributed by atoms with Crippen LogP contribution < -0.4 is 11.5 Å². The van der Waals surface area contributed by atoms with Gasteiger partial charge in [-0.15, -0.1) is 0 Å². The molecule has 0 atom stereocenters. The summed E-state index contributed by atoms with van der Waals surface area (Å²) in [6.45, 7) is 4.12. The molecule has 17 heavy (non-hydrogen) atoms. The van der Waals surface area contributed by atoms with Crippen LogP contribution in [0.2, 0.25) is 0 Å². The van der Waals surface area contributed by atoms with E-state index in [4.69, 9.17) is 11.5 Å². The third-order valence-electron chi connectivity index (χ3n) is 3.36. The van der Waals surface area contributed by atoms with Gasteiger partial charge in [-0.25, -0.2) is 0 Å². The van der Waals surface area contributed by atoms with Crippen LogP contribution in [0.25, 0.3) is 0 Å². The van der Waals surface area contributed by atoms with Crippen molar-refractivity contribution in [1.82, 2.24) is 0 Å². The maximum Gasteiger partial charge on any atom is 0.0346 e. The number of nitrogen functional groups attached to an aromatic ring is 2. The van der Waals surface area contributed by atoms with Gasteiger partial charge in [0, 0.05) is 11.4 Å². The van der Waals surface area contributed by atoms with E-state index in [0.717, 1.165) is 28.9 Å². The molecule has 0 aliphatic carbocycles. The van der Waals surface area contributed by atoms with Crippen LogP contribution in [0.4, 0.5) is 11.4 Å². The van der Waals surface area contributed by atoms with Crippen LogP contribution >= 0.6 is 0 Å². The highest BCUT2D eigenvalue weighted by Gasteiger charge is 2.06. The van der Waals surface area contributed by atoms with Gasteiger partial charge in [0.25, 0.3) is 0 Å². The predicted octanol–water partition coefficient (Wildman–Crippen LogP) is 3.06. The maximum atomic E-state index is 5.92. The quantitative estimate of drug-likeness (QED) is 0.773. The van der Waals surface area contributed by atoms with E-state index in [1.165, 1.54) is 11.1 Å². The lowest BCUT2D eigenvalue weighted by molar-refractivity contribution is 1.13. The van der Waals surface area contributed by atoms with Crippen LogP contribution in [-0.2, 0) is 6.42 Å². The van der Waals surface area contributed by atoms with E-state index in [1.807, 2.05) is 24.3 Å². The van der Waals surface area contributed by atoms with Gasteiger partial charge < -0.3 is 11.5 Å². The first-order valence-corrected chi connectivity index (χ1v) is 5.77. The summed E-state index contributed by atoms with van der Waals surface area (Å²) >= 11 is 0. The number of hydrogen-bond donors (Lipinski definition) is 2. The molecule has 0 fully saturated rings. The Bertz CT molecular complexity index is 495. The molecule has 0 aromatic heterocycles. The van der Waals surface area contributed by atoms with Gasteiger partial charge in [0.15, 0.2) is 0 Å². The van der Waals surface area contributed by atoms with E-state index < -0.39 is 0 Å². The topological polar surface area (TPSA) is 52.0 Å². The zero-order chi connectivity index (χ0) is 12.4. The summed E-state index contributed by atoms with van der Waals surface area (Å²) in [5.74, 6) is 0. The molecule has 0 spiro atoms.